The van der Waals surface area contributed by atoms with Gasteiger partial charge in [0.2, 0.25) is 0 Å². The number of H-pyrrole nitrogens is 1. The van der Waals surface area contributed by atoms with Crippen molar-refractivity contribution < 1.29 is 0 Å². The maximum Gasteiger partial charge on any atom is 0.140 e. The summed E-state index contributed by atoms with van der Waals surface area (Å²) < 4.78 is 2.06. The molecule has 3 heteroatoms. The van der Waals surface area contributed by atoms with Gasteiger partial charge in [-0.15, -0.1) is 0 Å². The average Bonchev–Trinajstić information content (AvgIpc) is 3.20. The number of para-hydroxylation sites is 1. The van der Waals surface area contributed by atoms with E-state index in [1.54, 1.807) is 0 Å². The highest BCUT2D eigenvalue weighted by Gasteiger charge is 2.17. The van der Waals surface area contributed by atoms with E-state index >= 15 is 0 Å². The fourth-order valence-corrected chi connectivity index (χ4v) is 3.01. The smallest absolute Gasteiger partial charge is 0.140 e. The van der Waals surface area contributed by atoms with Gasteiger partial charge < -0.3 is 9.38 Å². The Hall–Kier alpha value is -2.55. The SMILES string of the molecule is CC(C)(C)c1cc2ccccc2[nH]1.CC(C)(C)c1cccn2ccnc12. The maximum atomic E-state index is 4.35. The predicted molar refractivity (Wildman–Crippen MR) is 111 cm³/mol. The number of aromatic nitrogens is 3. The number of hydrogen-bond acceptors (Lipinski definition) is 1. The van der Waals surface area contributed by atoms with Crippen LogP contribution in [0.1, 0.15) is 52.8 Å². The number of nitrogens with one attached hydrogen (secondary N) is 1. The van der Waals surface area contributed by atoms with Gasteiger partial charge in [-0.3, -0.25) is 0 Å². The summed E-state index contributed by atoms with van der Waals surface area (Å²) >= 11 is 0. The predicted octanol–water partition coefficient (Wildman–Crippen LogP) is 6.10. The van der Waals surface area contributed by atoms with Gasteiger partial charge in [-0.25, -0.2) is 4.98 Å². The van der Waals surface area contributed by atoms with Gasteiger partial charge in [-0.1, -0.05) is 65.8 Å². The standard InChI is InChI=1S/C12H15N.C11H14N2/c1-12(2,3)11-8-9-6-4-5-7-10(9)13-11;1-11(2,3)9-5-4-7-13-8-6-12-10(9)13/h4-8,13H,1-3H3;4-8H,1-3H3. The van der Waals surface area contributed by atoms with Gasteiger partial charge >= 0.3 is 0 Å². The third-order valence-corrected chi connectivity index (χ3v) is 4.57. The topological polar surface area (TPSA) is 33.1 Å². The fourth-order valence-electron chi connectivity index (χ4n) is 3.01. The van der Waals surface area contributed by atoms with Gasteiger partial charge in [0.25, 0.3) is 0 Å². The van der Waals surface area contributed by atoms with Crippen LogP contribution in [0.4, 0.5) is 0 Å². The van der Waals surface area contributed by atoms with E-state index in [1.807, 2.05) is 18.6 Å². The number of fused-ring (bicyclic) bond motifs is 2. The van der Waals surface area contributed by atoms with Crippen molar-refractivity contribution in [1.29, 1.82) is 0 Å². The molecule has 0 unspecified atom stereocenters. The molecule has 1 N–H and O–H groups in total. The first-order valence-corrected chi connectivity index (χ1v) is 9.17. The van der Waals surface area contributed by atoms with Crippen molar-refractivity contribution in [1.82, 2.24) is 14.4 Å². The van der Waals surface area contributed by atoms with Gasteiger partial charge in [0, 0.05) is 40.8 Å². The summed E-state index contributed by atoms with van der Waals surface area (Å²) in [6.07, 6.45) is 5.84. The van der Waals surface area contributed by atoms with E-state index in [2.05, 4.69) is 98.4 Å². The molecule has 3 aromatic heterocycles. The lowest BCUT2D eigenvalue weighted by Crippen LogP contribution is -2.12. The molecule has 0 spiro atoms. The Balaban J connectivity index is 0.000000151. The molecule has 0 radical (unpaired) electrons. The van der Waals surface area contributed by atoms with Crippen LogP contribution < -0.4 is 0 Å². The van der Waals surface area contributed by atoms with E-state index in [0.717, 1.165) is 5.65 Å². The lowest BCUT2D eigenvalue weighted by molar-refractivity contribution is 0.574. The molecule has 0 aliphatic rings. The van der Waals surface area contributed by atoms with Gasteiger partial charge in [-0.2, -0.15) is 0 Å². The van der Waals surface area contributed by atoms with E-state index in [9.17, 15) is 0 Å². The highest BCUT2D eigenvalue weighted by molar-refractivity contribution is 5.80. The number of benzene rings is 1. The summed E-state index contributed by atoms with van der Waals surface area (Å²) in [5.41, 5.74) is 5.25. The van der Waals surface area contributed by atoms with Gasteiger partial charge in [0.1, 0.15) is 5.65 Å². The van der Waals surface area contributed by atoms with E-state index in [0.29, 0.717) is 0 Å². The van der Waals surface area contributed by atoms with Crippen molar-refractivity contribution in [3.05, 3.63) is 72.3 Å². The van der Waals surface area contributed by atoms with Crippen molar-refractivity contribution >= 4 is 16.6 Å². The second kappa shape index (κ2) is 6.64. The van der Waals surface area contributed by atoms with Crippen LogP contribution in [0.2, 0.25) is 0 Å². The minimum absolute atomic E-state index is 0.161. The Morgan fingerprint density at radius 3 is 2.23 bits per heavy atom. The Morgan fingerprint density at radius 1 is 0.846 bits per heavy atom. The molecule has 0 atom stereocenters. The monoisotopic (exact) mass is 347 g/mol. The summed E-state index contributed by atoms with van der Waals surface area (Å²) in [5, 5.41) is 1.30. The van der Waals surface area contributed by atoms with Crippen LogP contribution in [-0.2, 0) is 10.8 Å². The second-order valence-electron chi connectivity index (χ2n) is 8.85. The number of hydrogen-bond donors (Lipinski definition) is 1. The summed E-state index contributed by atoms with van der Waals surface area (Å²) in [6, 6.07) is 14.8. The van der Waals surface area contributed by atoms with E-state index in [1.165, 1.54) is 22.2 Å². The van der Waals surface area contributed by atoms with Crippen LogP contribution in [0.5, 0.6) is 0 Å². The van der Waals surface area contributed by atoms with Crippen molar-refractivity contribution in [3.8, 4) is 0 Å². The molecule has 0 saturated heterocycles. The van der Waals surface area contributed by atoms with Crippen molar-refractivity contribution in [3.63, 3.8) is 0 Å². The van der Waals surface area contributed by atoms with Crippen LogP contribution >= 0.6 is 0 Å². The molecule has 0 aliphatic heterocycles. The van der Waals surface area contributed by atoms with Crippen LogP contribution in [0.25, 0.3) is 16.6 Å². The Labute approximate surface area is 156 Å². The summed E-state index contributed by atoms with van der Waals surface area (Å²) in [6.45, 7) is 13.3. The quantitative estimate of drug-likeness (QED) is 0.410. The normalized spacial score (nSPS) is 12.2. The molecule has 4 rings (SSSR count). The minimum Gasteiger partial charge on any atom is -0.358 e. The zero-order chi connectivity index (χ0) is 18.9. The third kappa shape index (κ3) is 3.82. The molecule has 0 saturated carbocycles. The molecule has 0 fully saturated rings. The molecule has 0 bridgehead atoms. The first kappa shape index (κ1) is 18.2. The van der Waals surface area contributed by atoms with Gasteiger partial charge in [0.05, 0.1) is 0 Å². The first-order valence-electron chi connectivity index (χ1n) is 9.17. The molecule has 1 aromatic carbocycles. The number of imidazole rings is 1. The van der Waals surface area contributed by atoms with E-state index in [-0.39, 0.29) is 10.8 Å². The molecule has 3 heterocycles. The molecular formula is C23H29N3. The summed E-state index contributed by atoms with van der Waals surface area (Å²) in [4.78, 5) is 7.78. The summed E-state index contributed by atoms with van der Waals surface area (Å²) in [5.74, 6) is 0. The Kier molecular flexibility index (Phi) is 4.66. The van der Waals surface area contributed by atoms with Crippen molar-refractivity contribution in [2.75, 3.05) is 0 Å². The molecule has 26 heavy (non-hydrogen) atoms. The number of pyridine rings is 1. The minimum atomic E-state index is 0.161. The van der Waals surface area contributed by atoms with Crippen LogP contribution in [0.15, 0.2) is 61.1 Å². The fraction of sp³-hybridized carbons (Fsp3) is 0.348. The van der Waals surface area contributed by atoms with E-state index < -0.39 is 0 Å². The molecular weight excluding hydrogens is 318 g/mol. The molecule has 3 nitrogen and oxygen atoms in total. The number of nitrogens with zero attached hydrogens (tertiary/aromatic N) is 2. The second-order valence-corrected chi connectivity index (χ2v) is 8.85. The Morgan fingerprint density at radius 2 is 1.58 bits per heavy atom. The number of rotatable bonds is 0. The molecule has 4 aromatic rings. The third-order valence-electron chi connectivity index (χ3n) is 4.57. The number of aromatic amines is 1. The average molecular weight is 348 g/mol. The summed E-state index contributed by atoms with van der Waals surface area (Å²) in [7, 11) is 0. The lowest BCUT2D eigenvalue weighted by atomic mass is 9.88. The zero-order valence-corrected chi connectivity index (χ0v) is 16.7. The van der Waals surface area contributed by atoms with Crippen molar-refractivity contribution in [2.45, 2.75) is 52.4 Å². The van der Waals surface area contributed by atoms with Gasteiger partial charge in [-0.05, 0) is 29.0 Å². The molecule has 136 valence electrons. The zero-order valence-electron chi connectivity index (χ0n) is 16.7. The molecule has 0 aliphatic carbocycles. The highest BCUT2D eigenvalue weighted by atomic mass is 15.0. The van der Waals surface area contributed by atoms with Crippen molar-refractivity contribution in [2.24, 2.45) is 0 Å². The van der Waals surface area contributed by atoms with Crippen LogP contribution in [0.3, 0.4) is 0 Å². The van der Waals surface area contributed by atoms with Crippen LogP contribution in [0, 0.1) is 0 Å². The first-order chi connectivity index (χ1) is 12.2. The lowest BCUT2D eigenvalue weighted by Gasteiger charge is -2.19. The maximum absolute atomic E-state index is 4.35. The largest absolute Gasteiger partial charge is 0.358 e. The van der Waals surface area contributed by atoms with Crippen LogP contribution in [-0.4, -0.2) is 14.4 Å². The highest BCUT2D eigenvalue weighted by Crippen LogP contribution is 2.26. The Bertz CT molecular complexity index is 973. The van der Waals surface area contributed by atoms with E-state index in [4.69, 9.17) is 0 Å². The molecule has 0 amide bonds. The van der Waals surface area contributed by atoms with Gasteiger partial charge in [0.15, 0.2) is 0 Å².